The summed E-state index contributed by atoms with van der Waals surface area (Å²) in [6.07, 6.45) is 3.55. The Balaban J connectivity index is 0.00000242. The minimum atomic E-state index is -0.00383. The van der Waals surface area contributed by atoms with E-state index in [0.717, 1.165) is 12.1 Å². The summed E-state index contributed by atoms with van der Waals surface area (Å²) in [5.41, 5.74) is 9.67. The highest BCUT2D eigenvalue weighted by atomic mass is 127. The maximum absolute atomic E-state index is 11.4. The molecule has 5 nitrogen and oxygen atoms in total. The van der Waals surface area contributed by atoms with Crippen LogP contribution in [0.4, 0.5) is 5.69 Å². The summed E-state index contributed by atoms with van der Waals surface area (Å²) in [7, 11) is 0. The first kappa shape index (κ1) is 18.7. The van der Waals surface area contributed by atoms with Gasteiger partial charge in [-0.3, -0.25) is 9.79 Å². The molecule has 1 aliphatic carbocycles. The van der Waals surface area contributed by atoms with Gasteiger partial charge in [-0.15, -0.1) is 24.0 Å². The van der Waals surface area contributed by atoms with Crippen molar-refractivity contribution in [2.45, 2.75) is 33.1 Å². The number of hydrogen-bond donors (Lipinski definition) is 3. The zero-order valence-electron chi connectivity index (χ0n) is 13.2. The fraction of sp³-hybridized carbons (Fsp3) is 0.500. The number of amides is 1. The first-order valence-electron chi connectivity index (χ1n) is 7.52. The van der Waals surface area contributed by atoms with Crippen LogP contribution >= 0.6 is 24.0 Å². The molecule has 1 aliphatic rings. The third-order valence-corrected chi connectivity index (χ3v) is 3.59. The number of fused-ring (bicyclic) bond motifs is 1. The Bertz CT molecular complexity index is 543. The smallest absolute Gasteiger partial charge is 0.222 e. The topological polar surface area (TPSA) is 79.5 Å². The lowest BCUT2D eigenvalue weighted by atomic mass is 10.1. The average Bonchev–Trinajstić information content (AvgIpc) is 2.90. The van der Waals surface area contributed by atoms with Crippen LogP contribution in [0.1, 0.15) is 31.4 Å². The predicted molar refractivity (Wildman–Crippen MR) is 102 cm³/mol. The van der Waals surface area contributed by atoms with Gasteiger partial charge in [0.1, 0.15) is 0 Å². The van der Waals surface area contributed by atoms with Crippen LogP contribution in [0, 0.1) is 5.92 Å². The second-order valence-corrected chi connectivity index (χ2v) is 5.67. The molecule has 0 aliphatic heterocycles. The van der Waals surface area contributed by atoms with Crippen molar-refractivity contribution in [1.29, 1.82) is 0 Å². The van der Waals surface area contributed by atoms with Gasteiger partial charge in [0, 0.05) is 18.2 Å². The Morgan fingerprint density at radius 1 is 1.32 bits per heavy atom. The molecule has 0 saturated carbocycles. The van der Waals surface area contributed by atoms with Crippen molar-refractivity contribution in [2.24, 2.45) is 16.6 Å². The number of nitrogens with one attached hydrogen (secondary N) is 2. The number of hydrogen-bond acceptors (Lipinski definition) is 2. The minimum Gasteiger partial charge on any atom is -0.370 e. The SMILES string of the molecule is CC(C)C(=O)NCCN=C(N)Nc1ccc2c(c1)CCC2.I. The van der Waals surface area contributed by atoms with Crippen molar-refractivity contribution >= 4 is 41.5 Å². The molecule has 0 saturated heterocycles. The summed E-state index contributed by atoms with van der Waals surface area (Å²) < 4.78 is 0. The van der Waals surface area contributed by atoms with Crippen LogP contribution in [-0.2, 0) is 17.6 Å². The van der Waals surface area contributed by atoms with Gasteiger partial charge < -0.3 is 16.4 Å². The van der Waals surface area contributed by atoms with E-state index in [1.807, 2.05) is 19.9 Å². The number of anilines is 1. The van der Waals surface area contributed by atoms with Crippen molar-refractivity contribution in [1.82, 2.24) is 5.32 Å². The van der Waals surface area contributed by atoms with E-state index < -0.39 is 0 Å². The summed E-state index contributed by atoms with van der Waals surface area (Å²) in [5.74, 6) is 0.415. The molecule has 0 heterocycles. The van der Waals surface area contributed by atoms with Gasteiger partial charge in [0.2, 0.25) is 5.91 Å². The number of benzene rings is 1. The van der Waals surface area contributed by atoms with Gasteiger partial charge in [0.05, 0.1) is 6.54 Å². The molecule has 0 radical (unpaired) electrons. The fourth-order valence-electron chi connectivity index (χ4n) is 2.40. The Morgan fingerprint density at radius 3 is 2.77 bits per heavy atom. The number of carbonyl (C=O) groups excluding carboxylic acids is 1. The summed E-state index contributed by atoms with van der Waals surface area (Å²) >= 11 is 0. The molecular weight excluding hydrogens is 391 g/mol. The normalized spacial score (nSPS) is 13.5. The lowest BCUT2D eigenvalue weighted by Crippen LogP contribution is -2.31. The van der Waals surface area contributed by atoms with Crippen molar-refractivity contribution in [2.75, 3.05) is 18.4 Å². The van der Waals surface area contributed by atoms with Gasteiger partial charge in [-0.2, -0.15) is 0 Å². The van der Waals surface area contributed by atoms with E-state index >= 15 is 0 Å². The number of aliphatic imine (C=N–C) groups is 1. The maximum Gasteiger partial charge on any atom is 0.222 e. The van der Waals surface area contributed by atoms with Crippen molar-refractivity contribution < 1.29 is 4.79 Å². The zero-order valence-corrected chi connectivity index (χ0v) is 15.5. The molecule has 0 fully saturated rings. The van der Waals surface area contributed by atoms with Gasteiger partial charge in [0.25, 0.3) is 0 Å². The van der Waals surface area contributed by atoms with Crippen LogP contribution in [0.2, 0.25) is 0 Å². The lowest BCUT2D eigenvalue weighted by Gasteiger charge is -2.09. The summed E-state index contributed by atoms with van der Waals surface area (Å²) in [6.45, 7) is 4.70. The second-order valence-electron chi connectivity index (χ2n) is 5.67. The van der Waals surface area contributed by atoms with Crippen LogP contribution in [-0.4, -0.2) is 25.0 Å². The van der Waals surface area contributed by atoms with Crippen molar-refractivity contribution in [3.05, 3.63) is 29.3 Å². The standard InChI is InChI=1S/C16H24N4O.HI/c1-11(2)15(21)18-8-9-19-16(17)20-14-7-6-12-4-3-5-13(12)10-14;/h6-7,10-11H,3-5,8-9H2,1-2H3,(H,18,21)(H3,17,19,20);1H. The summed E-state index contributed by atoms with van der Waals surface area (Å²) in [4.78, 5) is 15.6. The number of aryl methyl sites for hydroxylation is 2. The third-order valence-electron chi connectivity index (χ3n) is 3.59. The molecule has 0 spiro atoms. The summed E-state index contributed by atoms with van der Waals surface area (Å²) in [5, 5.41) is 5.90. The average molecular weight is 416 g/mol. The van der Waals surface area contributed by atoms with E-state index in [-0.39, 0.29) is 35.8 Å². The monoisotopic (exact) mass is 416 g/mol. The highest BCUT2D eigenvalue weighted by molar-refractivity contribution is 14.0. The van der Waals surface area contributed by atoms with Gasteiger partial charge in [0.15, 0.2) is 5.96 Å². The molecule has 1 aromatic carbocycles. The zero-order chi connectivity index (χ0) is 15.2. The highest BCUT2D eigenvalue weighted by Gasteiger charge is 2.10. The molecule has 122 valence electrons. The molecule has 0 atom stereocenters. The molecule has 0 bridgehead atoms. The molecule has 6 heteroatoms. The van der Waals surface area contributed by atoms with E-state index in [1.165, 1.54) is 24.0 Å². The Hall–Kier alpha value is -1.31. The molecule has 4 N–H and O–H groups in total. The minimum absolute atomic E-state index is 0. The maximum atomic E-state index is 11.4. The first-order valence-corrected chi connectivity index (χ1v) is 7.52. The van der Waals surface area contributed by atoms with Crippen LogP contribution in [0.5, 0.6) is 0 Å². The third kappa shape index (κ3) is 5.47. The van der Waals surface area contributed by atoms with Crippen molar-refractivity contribution in [3.63, 3.8) is 0 Å². The Kier molecular flexibility index (Phi) is 7.64. The highest BCUT2D eigenvalue weighted by Crippen LogP contribution is 2.24. The van der Waals surface area contributed by atoms with E-state index in [2.05, 4.69) is 27.8 Å². The van der Waals surface area contributed by atoms with E-state index in [0.29, 0.717) is 19.0 Å². The molecule has 0 aromatic heterocycles. The molecule has 0 unspecified atom stereocenters. The predicted octanol–water partition coefficient (Wildman–Crippen LogP) is 2.29. The number of nitrogens with zero attached hydrogens (tertiary/aromatic N) is 1. The lowest BCUT2D eigenvalue weighted by molar-refractivity contribution is -0.123. The van der Waals surface area contributed by atoms with Gasteiger partial charge >= 0.3 is 0 Å². The van der Waals surface area contributed by atoms with Crippen LogP contribution in [0.25, 0.3) is 0 Å². The molecular formula is C16H25IN4O. The number of guanidine groups is 1. The quantitative estimate of drug-likeness (QED) is 0.298. The van der Waals surface area contributed by atoms with Crippen LogP contribution in [0.3, 0.4) is 0 Å². The second kappa shape index (κ2) is 8.97. The van der Waals surface area contributed by atoms with Gasteiger partial charge in [-0.25, -0.2) is 0 Å². The first-order chi connectivity index (χ1) is 10.1. The number of nitrogens with two attached hydrogens (primary N) is 1. The van der Waals surface area contributed by atoms with Gasteiger partial charge in [-0.1, -0.05) is 19.9 Å². The molecule has 1 amide bonds. The van der Waals surface area contributed by atoms with E-state index in [4.69, 9.17) is 5.73 Å². The summed E-state index contributed by atoms with van der Waals surface area (Å²) in [6, 6.07) is 6.33. The largest absolute Gasteiger partial charge is 0.370 e. The van der Waals surface area contributed by atoms with E-state index in [9.17, 15) is 4.79 Å². The van der Waals surface area contributed by atoms with Crippen molar-refractivity contribution in [3.8, 4) is 0 Å². The number of rotatable bonds is 5. The van der Waals surface area contributed by atoms with Crippen LogP contribution in [0.15, 0.2) is 23.2 Å². The fourth-order valence-corrected chi connectivity index (χ4v) is 2.40. The number of halogens is 1. The molecule has 22 heavy (non-hydrogen) atoms. The molecule has 2 rings (SSSR count). The van der Waals surface area contributed by atoms with E-state index in [1.54, 1.807) is 0 Å². The Labute approximate surface area is 149 Å². The number of carbonyl (C=O) groups is 1. The molecule has 1 aromatic rings. The Morgan fingerprint density at radius 2 is 2.05 bits per heavy atom. The van der Waals surface area contributed by atoms with Crippen LogP contribution < -0.4 is 16.4 Å². The van der Waals surface area contributed by atoms with Gasteiger partial charge in [-0.05, 0) is 42.5 Å².